The predicted octanol–water partition coefficient (Wildman–Crippen LogP) is 4.57. The first-order valence-corrected chi connectivity index (χ1v) is 8.33. The van der Waals surface area contributed by atoms with E-state index in [1.807, 2.05) is 12.1 Å². The van der Waals surface area contributed by atoms with Gasteiger partial charge in [0.05, 0.1) is 8.26 Å². The number of aryl methyl sites for hydroxylation is 1. The number of benzene rings is 1. The van der Waals surface area contributed by atoms with Gasteiger partial charge in [0.25, 0.3) is 0 Å². The molecule has 2 nitrogen and oxygen atoms in total. The van der Waals surface area contributed by atoms with Crippen LogP contribution in [-0.4, -0.2) is 5.91 Å². The molecule has 1 N–H and O–H groups in total. The highest BCUT2D eigenvalue weighted by molar-refractivity contribution is 14.1. The van der Waals surface area contributed by atoms with Gasteiger partial charge < -0.3 is 5.32 Å². The van der Waals surface area contributed by atoms with Crippen LogP contribution < -0.4 is 5.32 Å². The summed E-state index contributed by atoms with van der Waals surface area (Å²) in [6.45, 7) is 0. The smallest absolute Gasteiger partial charge is 0.224 e. The van der Waals surface area contributed by atoms with Gasteiger partial charge in [0, 0.05) is 12.1 Å². The molecule has 0 aliphatic carbocycles. The molecule has 0 saturated heterocycles. The molecule has 1 unspecified atom stereocenters. The minimum absolute atomic E-state index is 0.0926. The third-order valence-corrected chi connectivity index (χ3v) is 5.51. The van der Waals surface area contributed by atoms with E-state index in [1.165, 1.54) is 8.45 Å². The third kappa shape index (κ3) is 2.80. The second kappa shape index (κ2) is 5.42. The normalized spacial score (nSPS) is 15.8. The zero-order valence-corrected chi connectivity index (χ0v) is 13.7. The van der Waals surface area contributed by atoms with Crippen molar-refractivity contribution in [1.29, 1.82) is 0 Å². The predicted molar refractivity (Wildman–Crippen MR) is 88.1 cm³/mol. The molecule has 2 heterocycles. The maximum Gasteiger partial charge on any atom is 0.224 e. The zero-order valence-electron chi connectivity index (χ0n) is 9.95. The largest absolute Gasteiger partial charge is 0.326 e. The molecule has 98 valence electrons. The average molecular weight is 404 g/mol. The first-order valence-electron chi connectivity index (χ1n) is 5.94. The lowest BCUT2D eigenvalue weighted by atomic mass is 9.98. The molecule has 1 aliphatic rings. The summed E-state index contributed by atoms with van der Waals surface area (Å²) in [4.78, 5) is 11.3. The van der Waals surface area contributed by atoms with Crippen LogP contribution in [0.25, 0.3) is 0 Å². The SMILES string of the molecule is O=C1CCc2cc(C(Cl)c3csc(I)c3)ccc2N1. The van der Waals surface area contributed by atoms with E-state index in [2.05, 4.69) is 45.4 Å². The van der Waals surface area contributed by atoms with Gasteiger partial charge in [-0.25, -0.2) is 0 Å². The van der Waals surface area contributed by atoms with E-state index in [-0.39, 0.29) is 11.3 Å². The Morgan fingerprint density at radius 2 is 2.11 bits per heavy atom. The Bertz CT molecular complexity index is 640. The molecule has 19 heavy (non-hydrogen) atoms. The van der Waals surface area contributed by atoms with E-state index >= 15 is 0 Å². The van der Waals surface area contributed by atoms with Crippen molar-refractivity contribution in [2.24, 2.45) is 0 Å². The molecule has 5 heteroatoms. The molecular weight excluding hydrogens is 393 g/mol. The van der Waals surface area contributed by atoms with Gasteiger partial charge in [-0.2, -0.15) is 0 Å². The number of rotatable bonds is 2. The van der Waals surface area contributed by atoms with Crippen molar-refractivity contribution in [3.8, 4) is 0 Å². The van der Waals surface area contributed by atoms with Crippen LogP contribution in [0.3, 0.4) is 0 Å². The van der Waals surface area contributed by atoms with Crippen molar-refractivity contribution in [2.75, 3.05) is 5.32 Å². The van der Waals surface area contributed by atoms with Gasteiger partial charge >= 0.3 is 0 Å². The minimum atomic E-state index is -0.123. The summed E-state index contributed by atoms with van der Waals surface area (Å²) in [6, 6.07) is 8.17. The highest BCUT2D eigenvalue weighted by atomic mass is 127. The Morgan fingerprint density at radius 3 is 2.84 bits per heavy atom. The Morgan fingerprint density at radius 1 is 1.26 bits per heavy atom. The molecule has 3 rings (SSSR count). The molecule has 1 atom stereocenters. The summed E-state index contributed by atoms with van der Waals surface area (Å²) in [6.07, 6.45) is 1.35. The highest BCUT2D eigenvalue weighted by Crippen LogP contribution is 2.35. The number of alkyl halides is 1. The van der Waals surface area contributed by atoms with Crippen molar-refractivity contribution < 1.29 is 4.79 Å². The molecule has 1 aromatic heterocycles. The van der Waals surface area contributed by atoms with Gasteiger partial charge in [-0.15, -0.1) is 22.9 Å². The molecule has 0 spiro atoms. The lowest BCUT2D eigenvalue weighted by Gasteiger charge is -2.18. The van der Waals surface area contributed by atoms with Gasteiger partial charge in [0.15, 0.2) is 0 Å². The fraction of sp³-hybridized carbons (Fsp3) is 0.214. The molecule has 0 saturated carbocycles. The van der Waals surface area contributed by atoms with E-state index in [0.29, 0.717) is 6.42 Å². The van der Waals surface area contributed by atoms with Gasteiger partial charge in [-0.05, 0) is 63.2 Å². The number of amides is 1. The average Bonchev–Trinajstić information content (AvgIpc) is 2.84. The molecule has 0 bridgehead atoms. The van der Waals surface area contributed by atoms with E-state index in [1.54, 1.807) is 11.3 Å². The standard InChI is InChI=1S/C14H11ClINOS/c15-14(10-6-12(16)19-7-10)9-1-3-11-8(5-9)2-4-13(18)17-11/h1,3,5-7,14H,2,4H2,(H,17,18). The summed E-state index contributed by atoms with van der Waals surface area (Å²) in [5.74, 6) is 0.0926. The second-order valence-electron chi connectivity index (χ2n) is 4.51. The number of fused-ring (bicyclic) bond motifs is 1. The van der Waals surface area contributed by atoms with Gasteiger partial charge in [-0.3, -0.25) is 4.79 Å². The number of hydrogen-bond donors (Lipinski definition) is 1. The van der Waals surface area contributed by atoms with Crippen molar-refractivity contribution in [3.63, 3.8) is 0 Å². The zero-order chi connectivity index (χ0) is 13.4. The molecule has 1 aromatic carbocycles. The van der Waals surface area contributed by atoms with Crippen molar-refractivity contribution in [1.82, 2.24) is 0 Å². The van der Waals surface area contributed by atoms with Crippen molar-refractivity contribution >= 4 is 57.1 Å². The number of hydrogen-bond acceptors (Lipinski definition) is 2. The Kier molecular flexibility index (Phi) is 3.82. The number of carbonyl (C=O) groups is 1. The molecule has 1 amide bonds. The number of anilines is 1. The Hall–Kier alpha value is -0.590. The fourth-order valence-corrected chi connectivity index (χ4v) is 3.94. The fourth-order valence-electron chi connectivity index (χ4n) is 2.21. The first-order chi connectivity index (χ1) is 9.13. The Labute approximate surface area is 134 Å². The first kappa shape index (κ1) is 13.4. The van der Waals surface area contributed by atoms with Crippen LogP contribution in [0.1, 0.15) is 28.5 Å². The molecular formula is C14H11ClINOS. The number of thiophene rings is 1. The molecule has 0 fully saturated rings. The van der Waals surface area contributed by atoms with E-state index < -0.39 is 0 Å². The summed E-state index contributed by atoms with van der Waals surface area (Å²) >= 11 is 10.5. The van der Waals surface area contributed by atoms with Crippen LogP contribution >= 0.6 is 45.5 Å². The molecule has 2 aromatic rings. The summed E-state index contributed by atoms with van der Waals surface area (Å²) < 4.78 is 1.24. The van der Waals surface area contributed by atoms with Gasteiger partial charge in [0.1, 0.15) is 0 Å². The second-order valence-corrected chi connectivity index (χ2v) is 7.75. The van der Waals surface area contributed by atoms with Gasteiger partial charge in [0.2, 0.25) is 5.91 Å². The van der Waals surface area contributed by atoms with E-state index in [9.17, 15) is 4.79 Å². The topological polar surface area (TPSA) is 29.1 Å². The molecule has 1 aliphatic heterocycles. The van der Waals surface area contributed by atoms with Crippen LogP contribution in [0.2, 0.25) is 0 Å². The maximum absolute atomic E-state index is 11.3. The molecule has 0 radical (unpaired) electrons. The van der Waals surface area contributed by atoms with E-state index in [0.717, 1.165) is 23.2 Å². The van der Waals surface area contributed by atoms with Crippen LogP contribution in [0, 0.1) is 2.88 Å². The number of carbonyl (C=O) groups excluding carboxylic acids is 1. The summed E-state index contributed by atoms with van der Waals surface area (Å²) in [7, 11) is 0. The van der Waals surface area contributed by atoms with Crippen molar-refractivity contribution in [2.45, 2.75) is 18.2 Å². The third-order valence-electron chi connectivity index (χ3n) is 3.20. The summed E-state index contributed by atoms with van der Waals surface area (Å²) in [5.41, 5.74) is 4.32. The monoisotopic (exact) mass is 403 g/mol. The summed E-state index contributed by atoms with van der Waals surface area (Å²) in [5, 5.41) is 4.86. The highest BCUT2D eigenvalue weighted by Gasteiger charge is 2.18. The van der Waals surface area contributed by atoms with Crippen LogP contribution in [-0.2, 0) is 11.2 Å². The Balaban J connectivity index is 1.92. The number of halogens is 2. The quantitative estimate of drug-likeness (QED) is 0.578. The minimum Gasteiger partial charge on any atom is -0.326 e. The van der Waals surface area contributed by atoms with Crippen LogP contribution in [0.15, 0.2) is 29.6 Å². The van der Waals surface area contributed by atoms with Crippen LogP contribution in [0.5, 0.6) is 0 Å². The van der Waals surface area contributed by atoms with Crippen LogP contribution in [0.4, 0.5) is 5.69 Å². The van der Waals surface area contributed by atoms with Gasteiger partial charge in [-0.1, -0.05) is 12.1 Å². The maximum atomic E-state index is 11.3. The number of nitrogens with one attached hydrogen (secondary N) is 1. The van der Waals surface area contributed by atoms with E-state index in [4.69, 9.17) is 11.6 Å². The lowest BCUT2D eigenvalue weighted by Crippen LogP contribution is -2.19. The lowest BCUT2D eigenvalue weighted by molar-refractivity contribution is -0.116. The van der Waals surface area contributed by atoms with Crippen molar-refractivity contribution in [3.05, 3.63) is 49.2 Å².